The van der Waals surface area contributed by atoms with E-state index in [4.69, 9.17) is 0 Å². The third kappa shape index (κ3) is 2.36. The van der Waals surface area contributed by atoms with Gasteiger partial charge in [-0.3, -0.25) is 9.59 Å². The number of Topliss-reactive ketones (excluding diaryl/α,β-unsaturated/α-hetero) is 1. The highest BCUT2D eigenvalue weighted by Gasteiger charge is 2.23. The molecule has 0 aliphatic heterocycles. The second-order valence-electron chi connectivity index (χ2n) is 2.57. The normalized spacial score (nSPS) is 9.67. The van der Waals surface area contributed by atoms with Crippen molar-refractivity contribution >= 4 is 17.6 Å². The molecule has 0 aliphatic carbocycles. The lowest BCUT2D eigenvalue weighted by Gasteiger charge is -1.97. The number of aromatic amines is 1. The minimum atomic E-state index is -0.780. The van der Waals surface area contributed by atoms with Crippen molar-refractivity contribution in [2.45, 2.75) is 6.42 Å². The fourth-order valence-electron chi connectivity index (χ4n) is 0.921. The molecule has 1 aromatic heterocycles. The fourth-order valence-corrected chi connectivity index (χ4v) is 0.921. The van der Waals surface area contributed by atoms with Gasteiger partial charge in [0.2, 0.25) is 0 Å². The van der Waals surface area contributed by atoms with E-state index in [2.05, 4.69) is 14.9 Å². The molecule has 0 radical (unpaired) electrons. The van der Waals surface area contributed by atoms with Gasteiger partial charge in [-0.2, -0.15) is 0 Å². The third-order valence-corrected chi connectivity index (χ3v) is 1.63. The van der Waals surface area contributed by atoms with Gasteiger partial charge in [-0.05, 0) is 4.92 Å². The Kier molecular flexibility index (Phi) is 3.11. The highest BCUT2D eigenvalue weighted by molar-refractivity contribution is 6.07. The van der Waals surface area contributed by atoms with Crippen molar-refractivity contribution in [2.75, 3.05) is 7.11 Å². The summed E-state index contributed by atoms with van der Waals surface area (Å²) >= 11 is 0. The van der Waals surface area contributed by atoms with E-state index in [9.17, 15) is 19.7 Å². The van der Waals surface area contributed by atoms with Crippen LogP contribution in [0.4, 0.5) is 5.82 Å². The van der Waals surface area contributed by atoms with Crippen molar-refractivity contribution in [1.82, 2.24) is 10.2 Å². The van der Waals surface area contributed by atoms with Gasteiger partial charge in [0.15, 0.2) is 5.78 Å². The van der Waals surface area contributed by atoms with Crippen LogP contribution in [-0.2, 0) is 9.53 Å². The van der Waals surface area contributed by atoms with Gasteiger partial charge in [-0.1, -0.05) is 5.10 Å². The van der Waals surface area contributed by atoms with Crippen LogP contribution in [0.5, 0.6) is 0 Å². The van der Waals surface area contributed by atoms with Crippen LogP contribution in [0.1, 0.15) is 16.8 Å². The predicted molar refractivity (Wildman–Crippen MR) is 46.2 cm³/mol. The van der Waals surface area contributed by atoms with Crippen molar-refractivity contribution < 1.29 is 19.2 Å². The van der Waals surface area contributed by atoms with Gasteiger partial charge >= 0.3 is 11.8 Å². The molecule has 1 aromatic rings. The second-order valence-corrected chi connectivity index (χ2v) is 2.57. The third-order valence-electron chi connectivity index (χ3n) is 1.63. The standard InChI is InChI=1S/C7H7N3O5/c1-15-6(12)2-5(11)4-3-8-9-7(4)10(13)14/h3H,2H2,1H3,(H,8,9). The number of rotatable bonds is 4. The number of hydrogen-bond donors (Lipinski definition) is 1. The zero-order valence-corrected chi connectivity index (χ0v) is 7.72. The summed E-state index contributed by atoms with van der Waals surface area (Å²) in [5, 5.41) is 15.8. The van der Waals surface area contributed by atoms with Crippen molar-refractivity contribution in [2.24, 2.45) is 0 Å². The van der Waals surface area contributed by atoms with E-state index >= 15 is 0 Å². The Morgan fingerprint density at radius 2 is 2.33 bits per heavy atom. The largest absolute Gasteiger partial charge is 0.469 e. The quantitative estimate of drug-likeness (QED) is 0.248. The summed E-state index contributed by atoms with van der Waals surface area (Å²) in [7, 11) is 1.12. The molecule has 0 aliphatic rings. The Balaban J connectivity index is 2.87. The van der Waals surface area contributed by atoms with Crippen LogP contribution < -0.4 is 0 Å². The number of hydrogen-bond acceptors (Lipinski definition) is 6. The number of esters is 1. The first-order chi connectivity index (χ1) is 7.06. The topological polar surface area (TPSA) is 115 Å². The van der Waals surface area contributed by atoms with Crippen LogP contribution in [0.2, 0.25) is 0 Å². The summed E-state index contributed by atoms with van der Waals surface area (Å²) in [6.45, 7) is 0. The van der Waals surface area contributed by atoms with Crippen LogP contribution in [0, 0.1) is 10.1 Å². The SMILES string of the molecule is COC(=O)CC(=O)c1cn[nH]c1[N+](=O)[O-]. The van der Waals surface area contributed by atoms with Crippen molar-refractivity contribution in [3.8, 4) is 0 Å². The van der Waals surface area contributed by atoms with Crippen LogP contribution in [0.25, 0.3) is 0 Å². The zero-order chi connectivity index (χ0) is 11.4. The van der Waals surface area contributed by atoms with Crippen LogP contribution in [0.3, 0.4) is 0 Å². The Hall–Kier alpha value is -2.25. The van der Waals surface area contributed by atoms with Gasteiger partial charge in [0.25, 0.3) is 0 Å². The molecule has 0 bridgehead atoms. The number of ether oxygens (including phenoxy) is 1. The number of H-pyrrole nitrogens is 1. The lowest BCUT2D eigenvalue weighted by Crippen LogP contribution is -2.10. The van der Waals surface area contributed by atoms with E-state index in [1.54, 1.807) is 0 Å². The summed E-state index contributed by atoms with van der Waals surface area (Å²) in [6.07, 6.45) is 0.459. The molecule has 0 aromatic carbocycles. The number of aromatic nitrogens is 2. The number of nitrogens with one attached hydrogen (secondary N) is 1. The van der Waals surface area contributed by atoms with Gasteiger partial charge in [0.1, 0.15) is 12.0 Å². The smallest absolute Gasteiger partial charge is 0.353 e. The summed E-state index contributed by atoms with van der Waals surface area (Å²) in [5.74, 6) is -1.98. The maximum absolute atomic E-state index is 11.3. The number of methoxy groups -OCH3 is 1. The molecule has 80 valence electrons. The summed E-state index contributed by atoms with van der Waals surface area (Å²) in [4.78, 5) is 31.7. The molecule has 1 N–H and O–H groups in total. The molecule has 15 heavy (non-hydrogen) atoms. The Bertz CT molecular complexity index is 411. The minimum absolute atomic E-state index is 0.231. The van der Waals surface area contributed by atoms with Gasteiger partial charge in [-0.15, -0.1) is 5.10 Å². The summed E-state index contributed by atoms with van der Waals surface area (Å²) < 4.78 is 4.26. The molecule has 0 amide bonds. The Labute approximate surface area is 83.4 Å². The van der Waals surface area contributed by atoms with E-state index in [1.807, 2.05) is 0 Å². The van der Waals surface area contributed by atoms with Crippen molar-refractivity contribution in [3.05, 3.63) is 21.9 Å². The number of carbonyl (C=O) groups is 2. The highest BCUT2D eigenvalue weighted by Crippen LogP contribution is 2.15. The number of nitrogens with zero attached hydrogens (tertiary/aromatic N) is 2. The Morgan fingerprint density at radius 1 is 1.67 bits per heavy atom. The molecular formula is C7H7N3O5. The average Bonchev–Trinajstić information content (AvgIpc) is 2.65. The molecule has 1 rings (SSSR count). The number of carbonyl (C=O) groups excluding carboxylic acids is 2. The van der Waals surface area contributed by atoms with Crippen LogP contribution in [-0.4, -0.2) is 34.0 Å². The van der Waals surface area contributed by atoms with Gasteiger partial charge in [0, 0.05) is 0 Å². The van der Waals surface area contributed by atoms with E-state index in [0.29, 0.717) is 0 Å². The van der Waals surface area contributed by atoms with Gasteiger partial charge in [-0.25, -0.2) is 0 Å². The minimum Gasteiger partial charge on any atom is -0.469 e. The molecular weight excluding hydrogens is 206 g/mol. The maximum Gasteiger partial charge on any atom is 0.353 e. The van der Waals surface area contributed by atoms with E-state index in [-0.39, 0.29) is 5.56 Å². The van der Waals surface area contributed by atoms with Crippen molar-refractivity contribution in [1.29, 1.82) is 0 Å². The van der Waals surface area contributed by atoms with Crippen molar-refractivity contribution in [3.63, 3.8) is 0 Å². The maximum atomic E-state index is 11.3. The lowest BCUT2D eigenvalue weighted by atomic mass is 10.1. The lowest BCUT2D eigenvalue weighted by molar-refractivity contribution is -0.389. The number of nitro groups is 1. The van der Waals surface area contributed by atoms with Crippen LogP contribution >= 0.6 is 0 Å². The fraction of sp³-hybridized carbons (Fsp3) is 0.286. The monoisotopic (exact) mass is 213 g/mol. The average molecular weight is 213 g/mol. The van der Waals surface area contributed by atoms with Gasteiger partial charge < -0.3 is 14.9 Å². The molecule has 0 saturated carbocycles. The predicted octanol–water partition coefficient (Wildman–Crippen LogP) is 0.0637. The molecule has 8 nitrogen and oxygen atoms in total. The summed E-state index contributed by atoms with van der Waals surface area (Å²) in [6, 6.07) is 0. The molecule has 0 saturated heterocycles. The van der Waals surface area contributed by atoms with E-state index in [0.717, 1.165) is 13.3 Å². The number of ketones is 1. The molecule has 0 fully saturated rings. The molecule has 8 heteroatoms. The first-order valence-electron chi connectivity index (χ1n) is 3.84. The molecule has 0 spiro atoms. The Morgan fingerprint density at radius 3 is 2.87 bits per heavy atom. The van der Waals surface area contributed by atoms with E-state index in [1.165, 1.54) is 0 Å². The molecule has 0 atom stereocenters. The van der Waals surface area contributed by atoms with Crippen LogP contribution in [0.15, 0.2) is 6.20 Å². The summed E-state index contributed by atoms with van der Waals surface area (Å²) in [5.41, 5.74) is -0.231. The highest BCUT2D eigenvalue weighted by atomic mass is 16.6. The molecule has 1 heterocycles. The molecule has 0 unspecified atom stereocenters. The van der Waals surface area contributed by atoms with E-state index < -0.39 is 28.9 Å². The first kappa shape index (κ1) is 10.8. The second kappa shape index (κ2) is 4.31. The first-order valence-corrected chi connectivity index (χ1v) is 3.84. The van der Waals surface area contributed by atoms with Gasteiger partial charge in [0.05, 0.1) is 13.3 Å². The zero-order valence-electron chi connectivity index (χ0n) is 7.72.